The van der Waals surface area contributed by atoms with Crippen LogP contribution in [-0.4, -0.2) is 12.7 Å². The van der Waals surface area contributed by atoms with E-state index >= 15 is 0 Å². The molecule has 0 heterocycles. The van der Waals surface area contributed by atoms with Crippen LogP contribution in [-0.2, 0) is 4.74 Å². The van der Waals surface area contributed by atoms with E-state index in [-0.39, 0.29) is 0 Å². The average molecular weight is 309 g/mol. The summed E-state index contributed by atoms with van der Waals surface area (Å²) in [5, 5.41) is 0. The van der Waals surface area contributed by atoms with Crippen LogP contribution in [0.1, 0.15) is 97.3 Å². The molecule has 1 unspecified atom stereocenters. The van der Waals surface area contributed by atoms with E-state index in [9.17, 15) is 0 Å². The second-order valence-corrected chi connectivity index (χ2v) is 6.34. The molecule has 0 aliphatic heterocycles. The lowest BCUT2D eigenvalue weighted by molar-refractivity contribution is 0.0585. The molecule has 0 saturated carbocycles. The van der Waals surface area contributed by atoms with Gasteiger partial charge in [0.1, 0.15) is 0 Å². The highest BCUT2D eigenvalue weighted by Gasteiger charge is 2.06. The van der Waals surface area contributed by atoms with Crippen LogP contribution in [0, 0.1) is 0 Å². The molecule has 0 aromatic carbocycles. The van der Waals surface area contributed by atoms with Gasteiger partial charge in [-0.15, -0.1) is 6.58 Å². The summed E-state index contributed by atoms with van der Waals surface area (Å²) in [7, 11) is 0. The zero-order chi connectivity index (χ0) is 16.3. The molecule has 0 N–H and O–H groups in total. The number of hydrogen-bond acceptors (Lipinski definition) is 1. The maximum Gasteiger partial charge on any atom is 0.0648 e. The molecule has 0 amide bonds. The van der Waals surface area contributed by atoms with E-state index in [4.69, 9.17) is 4.74 Å². The smallest absolute Gasteiger partial charge is 0.0648 e. The quantitative estimate of drug-likeness (QED) is 0.203. The van der Waals surface area contributed by atoms with Gasteiger partial charge in [0.15, 0.2) is 0 Å². The van der Waals surface area contributed by atoms with Gasteiger partial charge in [-0.1, -0.05) is 77.0 Å². The van der Waals surface area contributed by atoms with Gasteiger partial charge in [-0.2, -0.15) is 0 Å². The number of unbranched alkanes of at least 4 members (excludes halogenated alkanes) is 8. The standard InChI is InChI=1S/C21H40O/c1-4-7-9-10-11-12-13-14-15-16-17-19-21(18-8-5-2)22-20-6-3/h6,14-15,21H,3-5,7-13,16-20H2,1-2H3/b15-14+. The number of hydrogen-bond donors (Lipinski definition) is 0. The van der Waals surface area contributed by atoms with Crippen molar-refractivity contribution in [2.75, 3.05) is 6.61 Å². The summed E-state index contributed by atoms with van der Waals surface area (Å²) in [4.78, 5) is 0. The Bertz CT molecular complexity index is 244. The van der Waals surface area contributed by atoms with Crippen LogP contribution in [0.25, 0.3) is 0 Å². The fourth-order valence-electron chi connectivity index (χ4n) is 2.69. The molecule has 0 bridgehead atoms. The first-order valence-electron chi connectivity index (χ1n) is 9.72. The van der Waals surface area contributed by atoms with Gasteiger partial charge >= 0.3 is 0 Å². The second-order valence-electron chi connectivity index (χ2n) is 6.34. The second kappa shape index (κ2) is 18.5. The molecule has 130 valence electrons. The lowest BCUT2D eigenvalue weighted by Gasteiger charge is -2.16. The molecule has 0 aromatic rings. The molecular weight excluding hydrogens is 268 g/mol. The number of ether oxygens (including phenoxy) is 1. The highest BCUT2D eigenvalue weighted by atomic mass is 16.5. The van der Waals surface area contributed by atoms with Crippen LogP contribution in [0.3, 0.4) is 0 Å². The third-order valence-corrected chi connectivity index (χ3v) is 4.12. The van der Waals surface area contributed by atoms with E-state index in [1.807, 2.05) is 6.08 Å². The van der Waals surface area contributed by atoms with Gasteiger partial charge in [0.05, 0.1) is 12.7 Å². The van der Waals surface area contributed by atoms with E-state index in [2.05, 4.69) is 32.6 Å². The molecule has 0 radical (unpaired) electrons. The number of rotatable bonds is 17. The molecule has 0 aliphatic rings. The van der Waals surface area contributed by atoms with Crippen LogP contribution in [0.15, 0.2) is 24.8 Å². The third-order valence-electron chi connectivity index (χ3n) is 4.12. The van der Waals surface area contributed by atoms with Gasteiger partial charge < -0.3 is 4.74 Å². The van der Waals surface area contributed by atoms with Crippen molar-refractivity contribution in [3.8, 4) is 0 Å². The number of allylic oxidation sites excluding steroid dienone is 2. The fraction of sp³-hybridized carbons (Fsp3) is 0.810. The van der Waals surface area contributed by atoms with Crippen molar-refractivity contribution in [2.45, 2.75) is 103 Å². The summed E-state index contributed by atoms with van der Waals surface area (Å²) in [5.74, 6) is 0. The van der Waals surface area contributed by atoms with Gasteiger partial charge in [-0.25, -0.2) is 0 Å². The Morgan fingerprint density at radius 3 is 2.05 bits per heavy atom. The minimum Gasteiger partial charge on any atom is -0.374 e. The molecule has 0 rings (SSSR count). The van der Waals surface area contributed by atoms with Crippen molar-refractivity contribution in [3.63, 3.8) is 0 Å². The van der Waals surface area contributed by atoms with Crippen LogP contribution >= 0.6 is 0 Å². The lowest BCUT2D eigenvalue weighted by Crippen LogP contribution is -2.12. The Hall–Kier alpha value is -0.560. The van der Waals surface area contributed by atoms with Crippen molar-refractivity contribution in [2.24, 2.45) is 0 Å². The molecule has 1 nitrogen and oxygen atoms in total. The third kappa shape index (κ3) is 15.8. The first-order chi connectivity index (χ1) is 10.8. The topological polar surface area (TPSA) is 9.23 Å². The van der Waals surface area contributed by atoms with Crippen LogP contribution in [0.5, 0.6) is 0 Å². The van der Waals surface area contributed by atoms with Crippen LogP contribution < -0.4 is 0 Å². The van der Waals surface area contributed by atoms with Gasteiger partial charge in [0.2, 0.25) is 0 Å². The lowest BCUT2D eigenvalue weighted by atomic mass is 10.1. The minimum atomic E-state index is 0.435. The maximum absolute atomic E-state index is 5.84. The highest BCUT2D eigenvalue weighted by molar-refractivity contribution is 4.81. The zero-order valence-corrected chi connectivity index (χ0v) is 15.3. The Labute approximate surface area is 140 Å². The molecule has 0 aromatic heterocycles. The predicted molar refractivity (Wildman–Crippen MR) is 100 cm³/mol. The molecule has 1 atom stereocenters. The molecule has 0 aliphatic carbocycles. The summed E-state index contributed by atoms with van der Waals surface area (Å²) < 4.78 is 5.84. The predicted octanol–water partition coefficient (Wildman–Crippen LogP) is 7.22. The molecule has 0 saturated heterocycles. The van der Waals surface area contributed by atoms with E-state index < -0.39 is 0 Å². The van der Waals surface area contributed by atoms with Gasteiger partial charge in [-0.05, 0) is 38.5 Å². The van der Waals surface area contributed by atoms with Crippen LogP contribution in [0.2, 0.25) is 0 Å². The summed E-state index contributed by atoms with van der Waals surface area (Å²) in [5.41, 5.74) is 0. The largest absolute Gasteiger partial charge is 0.374 e. The van der Waals surface area contributed by atoms with E-state index in [0.29, 0.717) is 12.7 Å². The minimum absolute atomic E-state index is 0.435. The molecule has 1 heteroatoms. The summed E-state index contributed by atoms with van der Waals surface area (Å²) in [6, 6.07) is 0. The van der Waals surface area contributed by atoms with Gasteiger partial charge in [0.25, 0.3) is 0 Å². The van der Waals surface area contributed by atoms with E-state index in [0.717, 1.165) is 0 Å². The van der Waals surface area contributed by atoms with Gasteiger partial charge in [0, 0.05) is 0 Å². The van der Waals surface area contributed by atoms with Crippen molar-refractivity contribution in [1.29, 1.82) is 0 Å². The SMILES string of the molecule is C=CCOC(CCCC)CCC/C=C/CCCCCCCC. The Kier molecular flexibility index (Phi) is 18.0. The van der Waals surface area contributed by atoms with Crippen LogP contribution in [0.4, 0.5) is 0 Å². The fourth-order valence-corrected chi connectivity index (χ4v) is 2.69. The van der Waals surface area contributed by atoms with E-state index in [1.54, 1.807) is 0 Å². The van der Waals surface area contributed by atoms with Gasteiger partial charge in [-0.3, -0.25) is 0 Å². The summed E-state index contributed by atoms with van der Waals surface area (Å²) >= 11 is 0. The Morgan fingerprint density at radius 1 is 0.773 bits per heavy atom. The summed E-state index contributed by atoms with van der Waals surface area (Å²) in [6.07, 6.45) is 24.0. The average Bonchev–Trinajstić information content (AvgIpc) is 2.54. The molecule has 0 spiro atoms. The molecule has 0 fully saturated rings. The van der Waals surface area contributed by atoms with Crippen molar-refractivity contribution in [1.82, 2.24) is 0 Å². The first-order valence-corrected chi connectivity index (χ1v) is 9.72. The Morgan fingerprint density at radius 2 is 1.36 bits per heavy atom. The monoisotopic (exact) mass is 308 g/mol. The van der Waals surface area contributed by atoms with Crippen molar-refractivity contribution in [3.05, 3.63) is 24.8 Å². The normalized spacial score (nSPS) is 12.8. The van der Waals surface area contributed by atoms with Crippen molar-refractivity contribution >= 4 is 0 Å². The zero-order valence-electron chi connectivity index (χ0n) is 15.3. The van der Waals surface area contributed by atoms with E-state index in [1.165, 1.54) is 83.5 Å². The molecular formula is C21H40O. The highest BCUT2D eigenvalue weighted by Crippen LogP contribution is 2.13. The van der Waals surface area contributed by atoms with Crippen molar-refractivity contribution < 1.29 is 4.74 Å². The summed E-state index contributed by atoms with van der Waals surface area (Å²) in [6.45, 7) is 8.96. The maximum atomic E-state index is 5.84. The Balaban J connectivity index is 3.49. The first kappa shape index (κ1) is 21.4. The molecule has 22 heavy (non-hydrogen) atoms.